The van der Waals surface area contributed by atoms with Gasteiger partial charge in [-0.25, -0.2) is 17.9 Å². The first-order valence-electron chi connectivity index (χ1n) is 7.90. The van der Waals surface area contributed by atoms with E-state index in [2.05, 4.69) is 4.72 Å². The van der Waals surface area contributed by atoms with E-state index >= 15 is 0 Å². The van der Waals surface area contributed by atoms with Crippen molar-refractivity contribution in [2.75, 3.05) is 12.8 Å². The Hall–Kier alpha value is -1.61. The molecule has 1 atom stereocenters. The summed E-state index contributed by atoms with van der Waals surface area (Å²) in [6.45, 7) is 1.67. The molecule has 0 saturated heterocycles. The second-order valence-electron chi connectivity index (χ2n) is 6.09. The zero-order chi connectivity index (χ0) is 18.2. The summed E-state index contributed by atoms with van der Waals surface area (Å²) in [6.07, 6.45) is 2.45. The van der Waals surface area contributed by atoms with Crippen molar-refractivity contribution in [1.82, 2.24) is 4.72 Å². The van der Waals surface area contributed by atoms with Gasteiger partial charge in [-0.3, -0.25) is 0 Å². The van der Waals surface area contributed by atoms with E-state index in [1.165, 1.54) is 7.11 Å². The molecule has 0 spiro atoms. The fourth-order valence-corrected chi connectivity index (χ4v) is 6.16. The minimum Gasteiger partial charge on any atom is -0.465 e. The first-order chi connectivity index (χ1) is 11.8. The number of aryl methyl sites for hydroxylation is 2. The number of methoxy groups -OCH3 is 1. The van der Waals surface area contributed by atoms with Crippen LogP contribution in [0, 0.1) is 6.92 Å². The summed E-state index contributed by atoms with van der Waals surface area (Å²) >= 11 is 1.08. The van der Waals surface area contributed by atoms with Crippen molar-refractivity contribution in [3.05, 3.63) is 45.1 Å². The van der Waals surface area contributed by atoms with Gasteiger partial charge in [-0.1, -0.05) is 6.07 Å². The molecular weight excluding hydrogens is 396 g/mol. The lowest BCUT2D eigenvalue weighted by Gasteiger charge is -2.26. The smallest absolute Gasteiger partial charge is 0.349 e. The molecule has 0 bridgehead atoms. The Morgan fingerprint density at radius 2 is 2.12 bits per heavy atom. The first kappa shape index (κ1) is 20.7. The van der Waals surface area contributed by atoms with E-state index in [1.54, 1.807) is 18.4 Å². The van der Waals surface area contributed by atoms with E-state index in [0.717, 1.165) is 35.3 Å². The van der Waals surface area contributed by atoms with Gasteiger partial charge < -0.3 is 10.5 Å². The Bertz CT molecular complexity index is 925. The van der Waals surface area contributed by atoms with Crippen molar-refractivity contribution in [2.45, 2.75) is 37.1 Å². The van der Waals surface area contributed by atoms with Gasteiger partial charge in [0.25, 0.3) is 0 Å². The van der Waals surface area contributed by atoms with Crippen LogP contribution in [0.15, 0.2) is 28.5 Å². The van der Waals surface area contributed by atoms with Crippen LogP contribution in [0.3, 0.4) is 0 Å². The summed E-state index contributed by atoms with van der Waals surface area (Å²) in [5.41, 5.74) is 9.04. The number of sulfonamides is 1. The Morgan fingerprint density at radius 3 is 2.81 bits per heavy atom. The number of fused-ring (bicyclic) bond motifs is 1. The third-order valence-electron chi connectivity index (χ3n) is 4.34. The van der Waals surface area contributed by atoms with Crippen LogP contribution in [0.4, 0.5) is 5.69 Å². The maximum atomic E-state index is 13.0. The molecule has 3 rings (SSSR count). The molecule has 1 aliphatic carbocycles. The zero-order valence-electron chi connectivity index (χ0n) is 14.4. The van der Waals surface area contributed by atoms with Gasteiger partial charge in [0.05, 0.1) is 7.11 Å². The molecule has 1 aromatic heterocycles. The predicted molar refractivity (Wildman–Crippen MR) is 104 cm³/mol. The van der Waals surface area contributed by atoms with Gasteiger partial charge in [0.15, 0.2) is 0 Å². The number of hydrogen-bond donors (Lipinski definition) is 2. The van der Waals surface area contributed by atoms with E-state index in [1.807, 2.05) is 12.1 Å². The van der Waals surface area contributed by atoms with Crippen molar-refractivity contribution >= 4 is 45.4 Å². The van der Waals surface area contributed by atoms with Gasteiger partial charge in [-0.15, -0.1) is 23.7 Å². The number of anilines is 1. The SMILES string of the molecule is COC(=O)c1scc(C)c1S(=O)(=O)NC1CCCc2cc(N)ccc21.Cl. The molecule has 142 valence electrons. The molecular formula is C17H21ClN2O4S2. The quantitative estimate of drug-likeness (QED) is 0.589. The Labute approximate surface area is 163 Å². The second-order valence-corrected chi connectivity index (χ2v) is 8.62. The molecule has 0 aliphatic heterocycles. The average Bonchev–Trinajstić information content (AvgIpc) is 2.96. The molecule has 6 nitrogen and oxygen atoms in total. The van der Waals surface area contributed by atoms with Crippen molar-refractivity contribution < 1.29 is 17.9 Å². The summed E-state index contributed by atoms with van der Waals surface area (Å²) < 4.78 is 33.4. The Kier molecular flexibility index (Phi) is 6.33. The number of nitrogen functional groups attached to an aromatic ring is 1. The fraction of sp³-hybridized carbons (Fsp3) is 0.353. The lowest BCUT2D eigenvalue weighted by atomic mass is 9.88. The molecule has 1 unspecified atom stereocenters. The lowest BCUT2D eigenvalue weighted by molar-refractivity contribution is 0.0602. The molecule has 0 amide bonds. The Balaban J connectivity index is 0.00000243. The number of nitrogens with one attached hydrogen (secondary N) is 1. The fourth-order valence-electron chi connectivity index (χ4n) is 3.20. The van der Waals surface area contributed by atoms with Crippen LogP contribution in [-0.4, -0.2) is 21.5 Å². The highest BCUT2D eigenvalue weighted by Gasteiger charge is 2.31. The van der Waals surface area contributed by atoms with Gasteiger partial charge in [-0.05, 0) is 60.4 Å². The van der Waals surface area contributed by atoms with E-state index in [-0.39, 0.29) is 28.2 Å². The van der Waals surface area contributed by atoms with Gasteiger partial charge in [-0.2, -0.15) is 0 Å². The molecule has 0 radical (unpaired) electrons. The van der Waals surface area contributed by atoms with Crippen molar-refractivity contribution in [1.29, 1.82) is 0 Å². The molecule has 1 aromatic carbocycles. The average molecular weight is 417 g/mol. The highest BCUT2D eigenvalue weighted by molar-refractivity contribution is 7.89. The summed E-state index contributed by atoms with van der Waals surface area (Å²) in [4.78, 5) is 12.0. The second kappa shape index (κ2) is 7.96. The van der Waals surface area contributed by atoms with E-state index in [4.69, 9.17) is 10.5 Å². The summed E-state index contributed by atoms with van der Waals surface area (Å²) in [5, 5.41) is 1.65. The zero-order valence-corrected chi connectivity index (χ0v) is 16.9. The number of hydrogen-bond acceptors (Lipinski definition) is 6. The van der Waals surface area contributed by atoms with Crippen LogP contribution >= 0.6 is 23.7 Å². The van der Waals surface area contributed by atoms with Crippen LogP contribution in [0.2, 0.25) is 0 Å². The van der Waals surface area contributed by atoms with Crippen LogP contribution in [0.5, 0.6) is 0 Å². The van der Waals surface area contributed by atoms with Gasteiger partial charge in [0.2, 0.25) is 10.0 Å². The van der Waals surface area contributed by atoms with E-state index in [0.29, 0.717) is 17.7 Å². The van der Waals surface area contributed by atoms with Crippen LogP contribution in [-0.2, 0) is 21.2 Å². The number of esters is 1. The largest absolute Gasteiger partial charge is 0.465 e. The predicted octanol–water partition coefficient (Wildman–Crippen LogP) is 3.20. The number of rotatable bonds is 4. The first-order valence-corrected chi connectivity index (χ1v) is 10.3. The highest BCUT2D eigenvalue weighted by Crippen LogP contribution is 2.34. The lowest BCUT2D eigenvalue weighted by Crippen LogP contribution is -2.32. The molecule has 0 saturated carbocycles. The van der Waals surface area contributed by atoms with Gasteiger partial charge in [0.1, 0.15) is 9.77 Å². The monoisotopic (exact) mass is 416 g/mol. The maximum absolute atomic E-state index is 13.0. The number of benzene rings is 1. The van der Waals surface area contributed by atoms with E-state index in [9.17, 15) is 13.2 Å². The van der Waals surface area contributed by atoms with Crippen molar-refractivity contribution in [3.8, 4) is 0 Å². The highest BCUT2D eigenvalue weighted by atomic mass is 35.5. The van der Waals surface area contributed by atoms with Gasteiger partial charge >= 0.3 is 5.97 Å². The van der Waals surface area contributed by atoms with Crippen LogP contribution in [0.1, 0.15) is 45.2 Å². The van der Waals surface area contributed by atoms with E-state index < -0.39 is 16.0 Å². The molecule has 1 heterocycles. The molecule has 3 N–H and O–H groups in total. The molecule has 26 heavy (non-hydrogen) atoms. The summed E-state index contributed by atoms with van der Waals surface area (Å²) in [7, 11) is -2.62. The molecule has 0 fully saturated rings. The van der Waals surface area contributed by atoms with Crippen molar-refractivity contribution in [3.63, 3.8) is 0 Å². The molecule has 1 aliphatic rings. The molecule has 2 aromatic rings. The number of carbonyl (C=O) groups excluding carboxylic acids is 1. The minimum absolute atomic E-state index is 0. The standard InChI is InChI=1S/C17H20N2O4S2.ClH/c1-10-9-24-15(17(20)23-2)16(10)25(21,22)19-14-5-3-4-11-8-12(18)6-7-13(11)14;/h6-9,14,19H,3-5,18H2,1-2H3;1H. The van der Waals surface area contributed by atoms with Crippen LogP contribution in [0.25, 0.3) is 0 Å². The van der Waals surface area contributed by atoms with Gasteiger partial charge in [0, 0.05) is 11.7 Å². The number of carbonyl (C=O) groups is 1. The summed E-state index contributed by atoms with van der Waals surface area (Å²) in [6, 6.07) is 5.21. The number of ether oxygens (including phenoxy) is 1. The number of halogens is 1. The molecule has 9 heteroatoms. The van der Waals surface area contributed by atoms with Crippen LogP contribution < -0.4 is 10.5 Å². The maximum Gasteiger partial charge on any atom is 0.349 e. The normalized spacial score (nSPS) is 16.5. The number of nitrogens with two attached hydrogens (primary N) is 1. The summed E-state index contributed by atoms with van der Waals surface area (Å²) in [5.74, 6) is -0.643. The number of thiophene rings is 1. The Morgan fingerprint density at radius 1 is 1.38 bits per heavy atom. The third kappa shape index (κ3) is 3.88. The van der Waals surface area contributed by atoms with Crippen molar-refractivity contribution in [2.24, 2.45) is 0 Å². The minimum atomic E-state index is -3.86. The third-order valence-corrected chi connectivity index (χ3v) is 7.20. The topological polar surface area (TPSA) is 98.5 Å².